The molecule has 0 radical (unpaired) electrons. The van der Waals surface area contributed by atoms with E-state index in [9.17, 15) is 27.6 Å². The van der Waals surface area contributed by atoms with Gasteiger partial charge >= 0.3 is 6.18 Å². The fourth-order valence-corrected chi connectivity index (χ4v) is 4.95. The molecule has 3 amide bonds. The van der Waals surface area contributed by atoms with Crippen LogP contribution in [0.5, 0.6) is 0 Å². The van der Waals surface area contributed by atoms with Crippen LogP contribution in [-0.4, -0.2) is 74.0 Å². The number of carbonyl (C=O) groups excluding carboxylic acids is 3. The van der Waals surface area contributed by atoms with Crippen LogP contribution < -0.4 is 4.90 Å². The van der Waals surface area contributed by atoms with E-state index in [-0.39, 0.29) is 17.2 Å². The van der Waals surface area contributed by atoms with E-state index in [0.29, 0.717) is 37.5 Å². The smallest absolute Gasteiger partial charge is 0.384 e. The number of nitrogens with zero attached hydrogens (tertiary/aromatic N) is 4. The Kier molecular flexibility index (Phi) is 10.7. The summed E-state index contributed by atoms with van der Waals surface area (Å²) in [5.74, 6) is -1.10. The fourth-order valence-electron chi connectivity index (χ4n) is 4.95. The molecule has 2 aliphatic heterocycles. The lowest BCUT2D eigenvalue weighted by molar-refractivity contribution is -0.138. The highest BCUT2D eigenvalue weighted by molar-refractivity contribution is 6.32. The van der Waals surface area contributed by atoms with Crippen molar-refractivity contribution < 1.29 is 32.3 Å². The van der Waals surface area contributed by atoms with Gasteiger partial charge in [0.15, 0.2) is 0 Å². The number of nitriles is 1. The van der Waals surface area contributed by atoms with E-state index in [0.717, 1.165) is 69.4 Å². The summed E-state index contributed by atoms with van der Waals surface area (Å²) in [6, 6.07) is 4.36. The number of ether oxygens (including phenoxy) is 1. The summed E-state index contributed by atoms with van der Waals surface area (Å²) in [4.78, 5) is 42.8. The van der Waals surface area contributed by atoms with E-state index in [2.05, 4.69) is 4.90 Å². The van der Waals surface area contributed by atoms with Crippen LogP contribution in [0.1, 0.15) is 63.0 Å². The van der Waals surface area contributed by atoms with Crippen molar-refractivity contribution >= 4 is 23.4 Å². The maximum Gasteiger partial charge on any atom is 0.417 e. The molecule has 0 aromatic heterocycles. The highest BCUT2D eigenvalue weighted by Crippen LogP contribution is 2.37. The average molecular weight is 549 g/mol. The summed E-state index contributed by atoms with van der Waals surface area (Å²) >= 11 is 0. The zero-order valence-electron chi connectivity index (χ0n) is 22.5. The maximum atomic E-state index is 13.4. The molecule has 2 heterocycles. The molecule has 3 rings (SSSR count). The number of methoxy groups -OCH3 is 1. The van der Waals surface area contributed by atoms with Crippen LogP contribution in [0.4, 0.5) is 18.9 Å². The molecule has 39 heavy (non-hydrogen) atoms. The number of halogens is 3. The number of imide groups is 1. The van der Waals surface area contributed by atoms with Gasteiger partial charge in [-0.25, -0.2) is 4.90 Å². The zero-order valence-corrected chi connectivity index (χ0v) is 22.5. The van der Waals surface area contributed by atoms with Gasteiger partial charge < -0.3 is 9.64 Å². The summed E-state index contributed by atoms with van der Waals surface area (Å²) in [6.45, 7) is 6.14. The minimum absolute atomic E-state index is 0.135. The predicted molar refractivity (Wildman–Crippen MR) is 139 cm³/mol. The zero-order chi connectivity index (χ0) is 28.6. The van der Waals surface area contributed by atoms with Crippen molar-refractivity contribution in [2.24, 2.45) is 0 Å². The van der Waals surface area contributed by atoms with Gasteiger partial charge in [-0.05, 0) is 50.9 Å². The van der Waals surface area contributed by atoms with Gasteiger partial charge in [0.2, 0.25) is 5.91 Å². The molecule has 1 saturated heterocycles. The molecule has 1 fully saturated rings. The molecule has 0 spiro atoms. The summed E-state index contributed by atoms with van der Waals surface area (Å²) in [6.07, 6.45) is 0.611. The molecule has 0 saturated carbocycles. The number of unbranched alkanes of at least 4 members (excludes halogenated alkanes) is 4. The van der Waals surface area contributed by atoms with Crippen LogP contribution in [0.15, 0.2) is 29.3 Å². The van der Waals surface area contributed by atoms with Gasteiger partial charge in [0.1, 0.15) is 0 Å². The molecule has 0 aliphatic carbocycles. The highest BCUT2D eigenvalue weighted by atomic mass is 19.4. The van der Waals surface area contributed by atoms with Crippen LogP contribution in [-0.2, 0) is 25.3 Å². The molecule has 0 unspecified atom stereocenters. The Balaban J connectivity index is 1.40. The van der Waals surface area contributed by atoms with E-state index < -0.39 is 29.1 Å². The number of piperazine rings is 1. The van der Waals surface area contributed by atoms with Crippen LogP contribution in [0.3, 0.4) is 0 Å². The minimum Gasteiger partial charge on any atom is -0.384 e. The van der Waals surface area contributed by atoms with Crippen molar-refractivity contribution in [3.8, 4) is 6.07 Å². The molecule has 0 N–H and O–H groups in total. The standard InChI is InChI=1S/C28H35F3N4O4/c1-20-23(27(38)35(26(20)37)22-10-9-21(19-32)24(18-22)28(29,30)31)8-6-4-3-5-7-12-33-13-15-34(16-14-33)25(36)11-17-39-2/h9-10,18H,3-8,11-17H2,1-2H3. The molecule has 1 aromatic carbocycles. The minimum atomic E-state index is -4.78. The van der Waals surface area contributed by atoms with Gasteiger partial charge in [-0.2, -0.15) is 18.4 Å². The number of rotatable bonds is 12. The van der Waals surface area contributed by atoms with Gasteiger partial charge in [-0.15, -0.1) is 0 Å². The third-order valence-corrected chi connectivity index (χ3v) is 7.27. The van der Waals surface area contributed by atoms with Crippen molar-refractivity contribution in [1.29, 1.82) is 5.26 Å². The van der Waals surface area contributed by atoms with Crippen molar-refractivity contribution in [1.82, 2.24) is 9.80 Å². The largest absolute Gasteiger partial charge is 0.417 e. The Morgan fingerprint density at radius 3 is 2.33 bits per heavy atom. The Bertz CT molecular complexity index is 1130. The molecule has 1 aromatic rings. The maximum absolute atomic E-state index is 13.4. The molecule has 0 atom stereocenters. The van der Waals surface area contributed by atoms with Crippen molar-refractivity contribution in [3.63, 3.8) is 0 Å². The summed E-state index contributed by atoms with van der Waals surface area (Å²) < 4.78 is 45.1. The van der Waals surface area contributed by atoms with Crippen LogP contribution in [0, 0.1) is 11.3 Å². The lowest BCUT2D eigenvalue weighted by Gasteiger charge is -2.34. The lowest BCUT2D eigenvalue weighted by Crippen LogP contribution is -2.49. The van der Waals surface area contributed by atoms with Gasteiger partial charge in [0.25, 0.3) is 11.8 Å². The second-order valence-electron chi connectivity index (χ2n) is 9.87. The normalized spacial score (nSPS) is 16.8. The van der Waals surface area contributed by atoms with E-state index in [1.807, 2.05) is 4.90 Å². The molecular weight excluding hydrogens is 513 g/mol. The monoisotopic (exact) mass is 548 g/mol. The first-order chi connectivity index (χ1) is 18.6. The quantitative estimate of drug-likeness (QED) is 0.286. The lowest BCUT2D eigenvalue weighted by atomic mass is 10.0. The third kappa shape index (κ3) is 7.67. The number of hydrogen-bond acceptors (Lipinski definition) is 6. The number of benzene rings is 1. The fraction of sp³-hybridized carbons (Fsp3) is 0.571. The van der Waals surface area contributed by atoms with E-state index in [1.165, 1.54) is 19.1 Å². The first kappa shape index (κ1) is 30.3. The SMILES string of the molecule is COCCC(=O)N1CCN(CCCCCCCC2=C(C)C(=O)N(c3ccc(C#N)c(C(F)(F)F)c3)C2=O)CC1. The molecular formula is C28H35F3N4O4. The van der Waals surface area contributed by atoms with Crippen molar-refractivity contribution in [2.75, 3.05) is 51.3 Å². The molecule has 0 bridgehead atoms. The first-order valence-corrected chi connectivity index (χ1v) is 13.3. The molecule has 212 valence electrons. The van der Waals surface area contributed by atoms with Crippen LogP contribution in [0.2, 0.25) is 0 Å². The van der Waals surface area contributed by atoms with E-state index in [1.54, 1.807) is 7.11 Å². The summed E-state index contributed by atoms with van der Waals surface area (Å²) in [5.41, 5.74) is -1.35. The van der Waals surface area contributed by atoms with Crippen molar-refractivity contribution in [2.45, 2.75) is 58.0 Å². The second kappa shape index (κ2) is 13.7. The highest BCUT2D eigenvalue weighted by Gasteiger charge is 2.39. The Morgan fingerprint density at radius 1 is 1.03 bits per heavy atom. The summed E-state index contributed by atoms with van der Waals surface area (Å²) in [5, 5.41) is 8.99. The number of amides is 3. The van der Waals surface area contributed by atoms with Gasteiger partial charge in [0.05, 0.1) is 35.9 Å². The van der Waals surface area contributed by atoms with Crippen LogP contribution >= 0.6 is 0 Å². The number of anilines is 1. The van der Waals surface area contributed by atoms with Crippen LogP contribution in [0.25, 0.3) is 0 Å². The van der Waals surface area contributed by atoms with Gasteiger partial charge in [-0.3, -0.25) is 19.3 Å². The average Bonchev–Trinajstić information content (AvgIpc) is 3.13. The Labute approximate surface area is 227 Å². The van der Waals surface area contributed by atoms with E-state index >= 15 is 0 Å². The number of carbonyl (C=O) groups is 3. The number of hydrogen-bond donors (Lipinski definition) is 0. The topological polar surface area (TPSA) is 93.9 Å². The van der Waals surface area contributed by atoms with Gasteiger partial charge in [0, 0.05) is 44.4 Å². The van der Waals surface area contributed by atoms with Crippen molar-refractivity contribution in [3.05, 3.63) is 40.5 Å². The third-order valence-electron chi connectivity index (χ3n) is 7.27. The predicted octanol–water partition coefficient (Wildman–Crippen LogP) is 4.29. The Morgan fingerprint density at radius 2 is 1.69 bits per heavy atom. The molecule has 2 aliphatic rings. The van der Waals surface area contributed by atoms with E-state index in [4.69, 9.17) is 10.00 Å². The molecule has 8 nitrogen and oxygen atoms in total. The summed E-state index contributed by atoms with van der Waals surface area (Å²) in [7, 11) is 1.59. The second-order valence-corrected chi connectivity index (χ2v) is 9.87. The number of alkyl halides is 3. The molecule has 11 heteroatoms. The first-order valence-electron chi connectivity index (χ1n) is 13.3. The Hall–Kier alpha value is -3.23. The van der Waals surface area contributed by atoms with Gasteiger partial charge in [-0.1, -0.05) is 19.3 Å².